The van der Waals surface area contributed by atoms with Crippen LogP contribution < -0.4 is 10.1 Å². The van der Waals surface area contributed by atoms with E-state index in [1.165, 1.54) is 19.2 Å². The van der Waals surface area contributed by atoms with E-state index in [1.54, 1.807) is 39.1 Å². The van der Waals surface area contributed by atoms with Gasteiger partial charge in [-0.1, -0.05) is 25.7 Å². The summed E-state index contributed by atoms with van der Waals surface area (Å²) in [4.78, 5) is 29.0. The summed E-state index contributed by atoms with van der Waals surface area (Å²) < 4.78 is 39.9. The molecule has 3 rings (SSSR count). The van der Waals surface area contributed by atoms with Gasteiger partial charge in [0.1, 0.15) is 29.8 Å². The van der Waals surface area contributed by atoms with Crippen LogP contribution in [0.15, 0.2) is 36.7 Å². The monoisotopic (exact) mass is 685 g/mol. The molecule has 40 heavy (non-hydrogen) atoms. The lowest BCUT2D eigenvalue weighted by atomic mass is 10.1. The number of amides is 1. The zero-order chi connectivity index (χ0) is 29.7. The average molecular weight is 686 g/mol. The summed E-state index contributed by atoms with van der Waals surface area (Å²) in [6.45, 7) is 13.1. The summed E-state index contributed by atoms with van der Waals surface area (Å²) in [5.74, 6) is -0.816. The maximum atomic E-state index is 15.2. The molecule has 12 heteroatoms. The SMILES string of the molecule is COC(=O)[C@H](Cc1ccc(Oc2ccnc3c2c(I)cn3COCC[Si](C)(C)C)c(F)c1)NC(=O)OC(C)(C)C. The third-order valence-electron chi connectivity index (χ3n) is 5.73. The van der Waals surface area contributed by atoms with Crippen molar-refractivity contribution < 1.29 is 32.9 Å². The number of rotatable bonds is 11. The highest BCUT2D eigenvalue weighted by Gasteiger charge is 2.26. The van der Waals surface area contributed by atoms with E-state index in [2.05, 4.69) is 52.5 Å². The molecule has 0 saturated carbocycles. The average Bonchev–Trinajstić information content (AvgIpc) is 3.17. The molecule has 1 atom stereocenters. The molecule has 0 unspecified atom stereocenters. The fraction of sp³-hybridized carbons (Fsp3) is 0.464. The fourth-order valence-corrected chi connectivity index (χ4v) is 5.36. The number of carbonyl (C=O) groups is 2. The maximum Gasteiger partial charge on any atom is 0.408 e. The highest BCUT2D eigenvalue weighted by Crippen LogP contribution is 2.34. The van der Waals surface area contributed by atoms with Gasteiger partial charge in [0.25, 0.3) is 0 Å². The molecule has 2 heterocycles. The molecule has 2 aromatic heterocycles. The maximum absolute atomic E-state index is 15.2. The van der Waals surface area contributed by atoms with Crippen LogP contribution in [-0.4, -0.2) is 55.0 Å². The topological polar surface area (TPSA) is 101 Å². The number of halogens is 2. The van der Waals surface area contributed by atoms with Gasteiger partial charge in [0, 0.05) is 37.1 Å². The summed E-state index contributed by atoms with van der Waals surface area (Å²) in [7, 11) is 0.0230. The van der Waals surface area contributed by atoms with Gasteiger partial charge < -0.3 is 28.8 Å². The minimum Gasteiger partial charge on any atom is -0.467 e. The quantitative estimate of drug-likeness (QED) is 0.107. The minimum absolute atomic E-state index is 0.00106. The lowest BCUT2D eigenvalue weighted by molar-refractivity contribution is -0.143. The lowest BCUT2D eigenvalue weighted by Crippen LogP contribution is -2.45. The van der Waals surface area contributed by atoms with Gasteiger partial charge in [-0.05, 0) is 73.2 Å². The molecule has 0 aliphatic carbocycles. The van der Waals surface area contributed by atoms with Crippen LogP contribution >= 0.6 is 22.6 Å². The van der Waals surface area contributed by atoms with Gasteiger partial charge in [-0.15, -0.1) is 0 Å². The summed E-state index contributed by atoms with van der Waals surface area (Å²) in [6, 6.07) is 6.08. The Labute approximate surface area is 248 Å². The number of fused-ring (bicyclic) bond motifs is 1. The van der Waals surface area contributed by atoms with Crippen LogP contribution in [0.2, 0.25) is 25.7 Å². The molecule has 9 nitrogen and oxygen atoms in total. The Kier molecular flexibility index (Phi) is 10.6. The Morgan fingerprint density at radius 2 is 1.90 bits per heavy atom. The number of hydrogen-bond donors (Lipinski definition) is 1. The molecule has 0 fully saturated rings. The van der Waals surface area contributed by atoms with Crippen molar-refractivity contribution in [3.8, 4) is 11.5 Å². The van der Waals surface area contributed by atoms with Gasteiger partial charge >= 0.3 is 12.1 Å². The van der Waals surface area contributed by atoms with Crippen molar-refractivity contribution in [2.24, 2.45) is 0 Å². The van der Waals surface area contributed by atoms with Crippen molar-refractivity contribution in [3.63, 3.8) is 0 Å². The van der Waals surface area contributed by atoms with E-state index >= 15 is 4.39 Å². The van der Waals surface area contributed by atoms with Crippen LogP contribution in [0.4, 0.5) is 9.18 Å². The first-order chi connectivity index (χ1) is 18.7. The smallest absolute Gasteiger partial charge is 0.408 e. The molecule has 1 amide bonds. The van der Waals surface area contributed by atoms with E-state index in [1.807, 2.05) is 10.8 Å². The first-order valence-corrected chi connectivity index (χ1v) is 17.7. The van der Waals surface area contributed by atoms with Crippen LogP contribution in [0.1, 0.15) is 26.3 Å². The Balaban J connectivity index is 1.75. The Morgan fingerprint density at radius 3 is 2.52 bits per heavy atom. The van der Waals surface area contributed by atoms with E-state index in [0.29, 0.717) is 30.3 Å². The highest BCUT2D eigenvalue weighted by atomic mass is 127. The predicted molar refractivity (Wildman–Crippen MR) is 162 cm³/mol. The number of alkyl carbamates (subject to hydrolysis) is 1. The predicted octanol–water partition coefficient (Wildman–Crippen LogP) is 6.49. The van der Waals surface area contributed by atoms with Crippen molar-refractivity contribution >= 4 is 53.8 Å². The van der Waals surface area contributed by atoms with Crippen molar-refractivity contribution in [3.05, 3.63) is 51.6 Å². The molecule has 218 valence electrons. The molecule has 1 N–H and O–H groups in total. The first kappa shape index (κ1) is 31.8. The van der Waals surface area contributed by atoms with Gasteiger partial charge in [-0.3, -0.25) is 0 Å². The molecule has 0 spiro atoms. The number of methoxy groups -OCH3 is 1. The minimum atomic E-state index is -1.19. The van der Waals surface area contributed by atoms with Crippen LogP contribution in [0.25, 0.3) is 11.0 Å². The van der Waals surface area contributed by atoms with Gasteiger partial charge in [0.15, 0.2) is 11.6 Å². The second kappa shape index (κ2) is 13.3. The molecule has 0 saturated heterocycles. The summed E-state index contributed by atoms with van der Waals surface area (Å²) in [5.41, 5.74) is 0.404. The van der Waals surface area contributed by atoms with Crippen molar-refractivity contribution in [2.45, 2.75) is 71.3 Å². The number of nitrogens with zero attached hydrogens (tertiary/aromatic N) is 2. The number of ether oxygens (including phenoxy) is 4. The first-order valence-electron chi connectivity index (χ1n) is 12.9. The molecule has 0 radical (unpaired) electrons. The van der Waals surface area contributed by atoms with E-state index in [9.17, 15) is 9.59 Å². The largest absolute Gasteiger partial charge is 0.467 e. The third-order valence-corrected chi connectivity index (χ3v) is 8.25. The van der Waals surface area contributed by atoms with Crippen molar-refractivity contribution in [1.29, 1.82) is 0 Å². The summed E-state index contributed by atoms with van der Waals surface area (Å²) >= 11 is 2.20. The Hall–Kier alpha value is -2.71. The second-order valence-electron chi connectivity index (χ2n) is 11.6. The van der Waals surface area contributed by atoms with Gasteiger partial charge in [0.05, 0.1) is 12.5 Å². The van der Waals surface area contributed by atoms with E-state index in [0.717, 1.165) is 15.0 Å². The van der Waals surface area contributed by atoms with Crippen LogP contribution in [0, 0.1) is 9.39 Å². The second-order valence-corrected chi connectivity index (χ2v) is 18.4. The van der Waals surface area contributed by atoms with Gasteiger partial charge in [-0.25, -0.2) is 19.0 Å². The standard InChI is InChI=1S/C28H37FIN3O6Si/c1-28(2,3)39-27(35)32-21(26(34)36-4)15-18-8-9-22(19(29)14-18)38-23-10-11-31-25-24(23)20(30)16-33(25)17-37-12-13-40(5,6)7/h8-11,14,16,21H,12-13,15,17H2,1-7H3,(H,32,35)/t21-/m0/s1. The van der Waals surface area contributed by atoms with E-state index in [-0.39, 0.29) is 12.2 Å². The number of benzene rings is 1. The van der Waals surface area contributed by atoms with E-state index < -0.39 is 37.6 Å². The number of nitrogens with one attached hydrogen (secondary N) is 1. The fourth-order valence-electron chi connectivity index (χ4n) is 3.76. The van der Waals surface area contributed by atoms with Crippen molar-refractivity contribution in [2.75, 3.05) is 13.7 Å². The molecule has 3 aromatic rings. The van der Waals surface area contributed by atoms with Gasteiger partial charge in [0.2, 0.25) is 0 Å². The zero-order valence-electron chi connectivity index (χ0n) is 24.0. The highest BCUT2D eigenvalue weighted by molar-refractivity contribution is 14.1. The van der Waals surface area contributed by atoms with Crippen LogP contribution in [-0.2, 0) is 32.2 Å². The number of carbonyl (C=O) groups excluding carboxylic acids is 2. The molecule has 0 aliphatic rings. The summed E-state index contributed by atoms with van der Waals surface area (Å²) in [6.07, 6.45) is 2.78. The Bertz CT molecular complexity index is 1350. The summed E-state index contributed by atoms with van der Waals surface area (Å²) in [5, 5.41) is 3.25. The van der Waals surface area contributed by atoms with Gasteiger partial charge in [-0.2, -0.15) is 0 Å². The molecule has 0 bridgehead atoms. The Morgan fingerprint density at radius 1 is 1.18 bits per heavy atom. The van der Waals surface area contributed by atoms with Crippen LogP contribution in [0.3, 0.4) is 0 Å². The van der Waals surface area contributed by atoms with Crippen molar-refractivity contribution in [1.82, 2.24) is 14.9 Å². The zero-order valence-corrected chi connectivity index (χ0v) is 27.1. The number of pyridine rings is 1. The van der Waals surface area contributed by atoms with E-state index in [4.69, 9.17) is 18.9 Å². The third kappa shape index (κ3) is 9.16. The molecule has 0 aliphatic heterocycles. The molecule has 1 aromatic carbocycles. The lowest BCUT2D eigenvalue weighted by Gasteiger charge is -2.22. The molecular weight excluding hydrogens is 648 g/mol. The number of esters is 1. The normalized spacial score (nSPS) is 12.7. The molecular formula is C28H37FIN3O6Si. The van der Waals surface area contributed by atoms with Crippen LogP contribution in [0.5, 0.6) is 11.5 Å². The number of hydrogen-bond acceptors (Lipinski definition) is 7. The number of aromatic nitrogens is 2.